The lowest BCUT2D eigenvalue weighted by molar-refractivity contribution is 0.252. The molecule has 2 heterocycles. The largest absolute Gasteiger partial charge is 0.338 e. The Kier molecular flexibility index (Phi) is 5.56. The summed E-state index contributed by atoms with van der Waals surface area (Å²) in [4.78, 5) is 16.7. The van der Waals surface area contributed by atoms with Gasteiger partial charge >= 0.3 is 6.03 Å². The SMILES string of the molecule is Cc1ccccc1NC(=O)NCCc1cn(CC(C)C)c2ncccc12. The van der Waals surface area contributed by atoms with Gasteiger partial charge in [-0.15, -0.1) is 0 Å². The number of rotatable bonds is 6. The van der Waals surface area contributed by atoms with Gasteiger partial charge in [0.25, 0.3) is 0 Å². The van der Waals surface area contributed by atoms with Crippen LogP contribution in [0.2, 0.25) is 0 Å². The van der Waals surface area contributed by atoms with Crippen molar-refractivity contribution in [1.29, 1.82) is 0 Å². The van der Waals surface area contributed by atoms with E-state index >= 15 is 0 Å². The Labute approximate surface area is 154 Å². The molecule has 2 aromatic heterocycles. The van der Waals surface area contributed by atoms with E-state index in [4.69, 9.17) is 0 Å². The molecule has 0 fully saturated rings. The van der Waals surface area contributed by atoms with Crippen molar-refractivity contribution in [3.05, 3.63) is 59.9 Å². The van der Waals surface area contributed by atoms with Gasteiger partial charge in [0.1, 0.15) is 5.65 Å². The number of para-hydroxylation sites is 1. The van der Waals surface area contributed by atoms with Gasteiger partial charge in [0.15, 0.2) is 0 Å². The number of urea groups is 1. The molecule has 0 bridgehead atoms. The smallest absolute Gasteiger partial charge is 0.319 e. The third-order valence-electron chi connectivity index (χ3n) is 4.35. The third kappa shape index (κ3) is 4.23. The highest BCUT2D eigenvalue weighted by molar-refractivity contribution is 5.90. The van der Waals surface area contributed by atoms with E-state index in [2.05, 4.69) is 46.3 Å². The molecule has 0 saturated heterocycles. The molecule has 5 heteroatoms. The van der Waals surface area contributed by atoms with E-state index < -0.39 is 0 Å². The first-order valence-corrected chi connectivity index (χ1v) is 9.08. The second-order valence-corrected chi connectivity index (χ2v) is 7.02. The number of carbonyl (C=O) groups excluding carboxylic acids is 1. The molecule has 1 aromatic carbocycles. The fourth-order valence-corrected chi connectivity index (χ4v) is 3.12. The Balaban J connectivity index is 1.63. The van der Waals surface area contributed by atoms with Crippen molar-refractivity contribution < 1.29 is 4.79 Å². The second-order valence-electron chi connectivity index (χ2n) is 7.02. The summed E-state index contributed by atoms with van der Waals surface area (Å²) in [7, 11) is 0. The van der Waals surface area contributed by atoms with E-state index in [0.29, 0.717) is 12.5 Å². The van der Waals surface area contributed by atoms with Crippen LogP contribution in [0.4, 0.5) is 10.5 Å². The number of amides is 2. The Morgan fingerprint density at radius 3 is 2.77 bits per heavy atom. The summed E-state index contributed by atoms with van der Waals surface area (Å²) in [6, 6.07) is 11.6. The van der Waals surface area contributed by atoms with Gasteiger partial charge in [0.2, 0.25) is 0 Å². The molecule has 0 radical (unpaired) electrons. The number of aromatic nitrogens is 2. The van der Waals surface area contributed by atoms with Crippen LogP contribution in [0.25, 0.3) is 11.0 Å². The van der Waals surface area contributed by atoms with E-state index in [1.54, 1.807) is 0 Å². The van der Waals surface area contributed by atoms with Crippen molar-refractivity contribution in [2.75, 3.05) is 11.9 Å². The van der Waals surface area contributed by atoms with Crippen LogP contribution in [-0.2, 0) is 13.0 Å². The Morgan fingerprint density at radius 2 is 2.00 bits per heavy atom. The van der Waals surface area contributed by atoms with Gasteiger partial charge in [-0.05, 0) is 48.6 Å². The first-order valence-electron chi connectivity index (χ1n) is 9.08. The summed E-state index contributed by atoms with van der Waals surface area (Å²) in [5.41, 5.74) is 4.11. The van der Waals surface area contributed by atoms with Crippen LogP contribution in [0.1, 0.15) is 25.0 Å². The Hall–Kier alpha value is -2.82. The zero-order chi connectivity index (χ0) is 18.5. The van der Waals surface area contributed by atoms with Gasteiger partial charge in [-0.3, -0.25) is 0 Å². The average Bonchev–Trinajstić information content (AvgIpc) is 2.94. The summed E-state index contributed by atoms with van der Waals surface area (Å²) in [6.45, 7) is 7.89. The lowest BCUT2D eigenvalue weighted by Crippen LogP contribution is -2.30. The van der Waals surface area contributed by atoms with Gasteiger partial charge in [0, 0.05) is 36.6 Å². The molecular formula is C21H26N4O. The topological polar surface area (TPSA) is 59.0 Å². The highest BCUT2D eigenvalue weighted by Crippen LogP contribution is 2.21. The molecule has 0 aliphatic heterocycles. The van der Waals surface area contributed by atoms with Crippen molar-refractivity contribution in [2.45, 2.75) is 33.7 Å². The molecule has 0 aliphatic rings. The molecule has 0 unspecified atom stereocenters. The third-order valence-corrected chi connectivity index (χ3v) is 4.35. The highest BCUT2D eigenvalue weighted by atomic mass is 16.2. The summed E-state index contributed by atoms with van der Waals surface area (Å²) in [5.74, 6) is 0.554. The van der Waals surface area contributed by atoms with Gasteiger partial charge in [-0.1, -0.05) is 32.0 Å². The number of nitrogens with one attached hydrogen (secondary N) is 2. The number of carbonyl (C=O) groups is 1. The summed E-state index contributed by atoms with van der Waals surface area (Å²) < 4.78 is 2.21. The van der Waals surface area contributed by atoms with Gasteiger partial charge in [-0.2, -0.15) is 0 Å². The normalized spacial score (nSPS) is 11.1. The van der Waals surface area contributed by atoms with Crippen LogP contribution < -0.4 is 10.6 Å². The molecule has 0 saturated carbocycles. The number of benzene rings is 1. The minimum atomic E-state index is -0.177. The number of hydrogen-bond acceptors (Lipinski definition) is 2. The minimum absolute atomic E-state index is 0.177. The molecule has 0 spiro atoms. The molecule has 0 aliphatic carbocycles. The summed E-state index contributed by atoms with van der Waals surface area (Å²) in [6.07, 6.45) is 4.77. The monoisotopic (exact) mass is 350 g/mol. The predicted octanol–water partition coefficient (Wildman–Crippen LogP) is 4.36. The maximum absolute atomic E-state index is 12.1. The molecule has 2 N–H and O–H groups in total. The van der Waals surface area contributed by atoms with Crippen molar-refractivity contribution in [3.8, 4) is 0 Å². The van der Waals surface area contributed by atoms with E-state index in [9.17, 15) is 4.79 Å². The van der Waals surface area contributed by atoms with Crippen LogP contribution in [0.5, 0.6) is 0 Å². The van der Waals surface area contributed by atoms with E-state index in [1.165, 1.54) is 5.56 Å². The molecule has 26 heavy (non-hydrogen) atoms. The Bertz CT molecular complexity index is 898. The first-order chi connectivity index (χ1) is 12.5. The summed E-state index contributed by atoms with van der Waals surface area (Å²) in [5, 5.41) is 7.00. The van der Waals surface area contributed by atoms with Crippen LogP contribution in [0.15, 0.2) is 48.8 Å². The number of anilines is 1. The Morgan fingerprint density at radius 1 is 1.19 bits per heavy atom. The van der Waals surface area contributed by atoms with Crippen molar-refractivity contribution in [2.24, 2.45) is 5.92 Å². The lowest BCUT2D eigenvalue weighted by Gasteiger charge is -2.09. The molecule has 0 atom stereocenters. The fourth-order valence-electron chi connectivity index (χ4n) is 3.12. The lowest BCUT2D eigenvalue weighted by atomic mass is 10.1. The second kappa shape index (κ2) is 8.04. The zero-order valence-electron chi connectivity index (χ0n) is 15.6. The van der Waals surface area contributed by atoms with Crippen LogP contribution in [0, 0.1) is 12.8 Å². The van der Waals surface area contributed by atoms with Gasteiger partial charge < -0.3 is 15.2 Å². The van der Waals surface area contributed by atoms with Crippen LogP contribution in [0.3, 0.4) is 0 Å². The number of aryl methyl sites for hydroxylation is 1. The van der Waals surface area contributed by atoms with Gasteiger partial charge in [-0.25, -0.2) is 9.78 Å². The van der Waals surface area contributed by atoms with Crippen LogP contribution in [-0.4, -0.2) is 22.1 Å². The highest BCUT2D eigenvalue weighted by Gasteiger charge is 2.11. The average molecular weight is 350 g/mol. The van der Waals surface area contributed by atoms with Crippen LogP contribution >= 0.6 is 0 Å². The van der Waals surface area contributed by atoms with E-state index in [0.717, 1.165) is 35.2 Å². The van der Waals surface area contributed by atoms with Crippen molar-refractivity contribution >= 4 is 22.8 Å². The van der Waals surface area contributed by atoms with E-state index in [1.807, 2.05) is 43.5 Å². The molecule has 3 aromatic rings. The fraction of sp³-hybridized carbons (Fsp3) is 0.333. The molecule has 3 rings (SSSR count). The number of nitrogens with zero attached hydrogens (tertiary/aromatic N) is 2. The minimum Gasteiger partial charge on any atom is -0.338 e. The molecule has 2 amide bonds. The molecular weight excluding hydrogens is 324 g/mol. The zero-order valence-corrected chi connectivity index (χ0v) is 15.6. The standard InChI is InChI=1S/C21H26N4O/c1-15(2)13-25-14-17(18-8-6-11-22-20(18)25)10-12-23-21(26)24-19-9-5-4-7-16(19)3/h4-9,11,14-15H,10,12-13H2,1-3H3,(H2,23,24,26). The molecule has 136 valence electrons. The molecule has 5 nitrogen and oxygen atoms in total. The van der Waals surface area contributed by atoms with Crippen molar-refractivity contribution in [1.82, 2.24) is 14.9 Å². The number of hydrogen-bond donors (Lipinski definition) is 2. The maximum atomic E-state index is 12.1. The maximum Gasteiger partial charge on any atom is 0.319 e. The predicted molar refractivity (Wildman–Crippen MR) is 106 cm³/mol. The quantitative estimate of drug-likeness (QED) is 0.694. The number of pyridine rings is 1. The number of fused-ring (bicyclic) bond motifs is 1. The summed E-state index contributed by atoms with van der Waals surface area (Å²) >= 11 is 0. The van der Waals surface area contributed by atoms with Crippen molar-refractivity contribution in [3.63, 3.8) is 0 Å². The first kappa shape index (κ1) is 18.0. The van der Waals surface area contributed by atoms with E-state index in [-0.39, 0.29) is 6.03 Å². The van der Waals surface area contributed by atoms with Gasteiger partial charge in [0.05, 0.1) is 0 Å².